The number of hydrogen-bond acceptors (Lipinski definition) is 7. The van der Waals surface area contributed by atoms with E-state index in [1.54, 1.807) is 24.3 Å². The Kier molecular flexibility index (Phi) is 6.13. The first kappa shape index (κ1) is 21.9. The first-order valence-corrected chi connectivity index (χ1v) is 11.6. The van der Waals surface area contributed by atoms with Gasteiger partial charge >= 0.3 is 0 Å². The van der Waals surface area contributed by atoms with Gasteiger partial charge in [0.25, 0.3) is 5.91 Å². The van der Waals surface area contributed by atoms with Gasteiger partial charge in [-0.3, -0.25) is 9.89 Å². The van der Waals surface area contributed by atoms with Crippen molar-refractivity contribution in [1.29, 1.82) is 0 Å². The predicted molar refractivity (Wildman–Crippen MR) is 130 cm³/mol. The fourth-order valence-corrected chi connectivity index (χ4v) is 4.16. The minimum Gasteiger partial charge on any atom is -0.356 e. The summed E-state index contributed by atoms with van der Waals surface area (Å²) in [6, 6.07) is 17.0. The number of hydrogen-bond donors (Lipinski definition) is 3. The first-order chi connectivity index (χ1) is 16.5. The Morgan fingerprint density at radius 3 is 2.53 bits per heavy atom. The lowest BCUT2D eigenvalue weighted by Crippen LogP contribution is -2.37. The Morgan fingerprint density at radius 2 is 1.85 bits per heavy atom. The number of benzene rings is 2. The molecule has 2 aromatic heterocycles. The van der Waals surface area contributed by atoms with Crippen molar-refractivity contribution in [2.24, 2.45) is 0 Å². The summed E-state index contributed by atoms with van der Waals surface area (Å²) in [7, 11) is 0. The molecule has 0 saturated carbocycles. The highest BCUT2D eigenvalue weighted by atomic mass is 32.2. The number of rotatable bonds is 7. The van der Waals surface area contributed by atoms with Crippen LogP contribution < -0.4 is 15.5 Å². The third-order valence-corrected chi connectivity index (χ3v) is 6.15. The number of amides is 1. The fraction of sp³-hybridized carbons (Fsp3) is 0.167. The number of aryl methyl sites for hydroxylation is 1. The molecule has 5 rings (SSSR count). The maximum absolute atomic E-state index is 13.8. The Labute approximate surface area is 200 Å². The molecule has 0 aliphatic carbocycles. The molecule has 1 saturated heterocycles. The van der Waals surface area contributed by atoms with Crippen LogP contribution in [0.4, 0.5) is 27.5 Å². The second-order valence-corrected chi connectivity index (χ2v) is 8.90. The minimum absolute atomic E-state index is 0.00398. The molecule has 10 heteroatoms. The van der Waals surface area contributed by atoms with Gasteiger partial charge in [0.2, 0.25) is 0 Å². The summed E-state index contributed by atoms with van der Waals surface area (Å²) < 4.78 is 13.8. The number of nitrogens with zero attached hydrogens (tertiary/aromatic N) is 4. The van der Waals surface area contributed by atoms with Gasteiger partial charge in [0.05, 0.1) is 5.56 Å². The van der Waals surface area contributed by atoms with Crippen molar-refractivity contribution in [2.75, 3.05) is 28.6 Å². The number of H-pyrrole nitrogens is 1. The highest BCUT2D eigenvalue weighted by molar-refractivity contribution is 7.99. The van der Waals surface area contributed by atoms with Crippen molar-refractivity contribution in [3.05, 3.63) is 77.7 Å². The molecule has 0 atom stereocenters. The van der Waals surface area contributed by atoms with Crippen LogP contribution in [0, 0.1) is 12.7 Å². The van der Waals surface area contributed by atoms with Crippen molar-refractivity contribution < 1.29 is 9.18 Å². The van der Waals surface area contributed by atoms with Gasteiger partial charge < -0.3 is 15.5 Å². The zero-order valence-electron chi connectivity index (χ0n) is 18.4. The van der Waals surface area contributed by atoms with Gasteiger partial charge in [-0.05, 0) is 61.5 Å². The van der Waals surface area contributed by atoms with Crippen molar-refractivity contribution in [1.82, 2.24) is 20.2 Å². The number of aromatic amines is 1. The molecule has 1 aliphatic heterocycles. The lowest BCUT2D eigenvalue weighted by Gasteiger charge is -2.32. The summed E-state index contributed by atoms with van der Waals surface area (Å²) in [5.74, 6) is 1.18. The molecule has 0 radical (unpaired) electrons. The third kappa shape index (κ3) is 5.01. The monoisotopic (exact) mass is 475 g/mol. The normalized spacial score (nSPS) is 12.8. The predicted octanol–water partition coefficient (Wildman–Crippen LogP) is 5.00. The molecule has 34 heavy (non-hydrogen) atoms. The van der Waals surface area contributed by atoms with Crippen LogP contribution in [0.15, 0.2) is 70.7 Å². The molecule has 4 aromatic rings. The summed E-state index contributed by atoms with van der Waals surface area (Å²) in [6.45, 7) is 3.88. The van der Waals surface area contributed by atoms with Crippen molar-refractivity contribution in [2.45, 2.75) is 23.4 Å². The van der Waals surface area contributed by atoms with Gasteiger partial charge in [0.1, 0.15) is 17.5 Å². The van der Waals surface area contributed by atoms with E-state index in [0.717, 1.165) is 35.9 Å². The molecule has 0 unspecified atom stereocenters. The van der Waals surface area contributed by atoms with E-state index in [1.165, 1.54) is 23.9 Å². The smallest absolute Gasteiger partial charge is 0.258 e. The van der Waals surface area contributed by atoms with Crippen LogP contribution in [-0.2, 0) is 0 Å². The number of nitrogens with one attached hydrogen (secondary N) is 3. The summed E-state index contributed by atoms with van der Waals surface area (Å²) in [6.07, 6.45) is 1.15. The van der Waals surface area contributed by atoms with E-state index in [-0.39, 0.29) is 5.56 Å². The lowest BCUT2D eigenvalue weighted by molar-refractivity contribution is 0.102. The topological polar surface area (TPSA) is 98.8 Å². The molecule has 1 fully saturated rings. The Balaban J connectivity index is 1.31. The zero-order valence-corrected chi connectivity index (χ0v) is 19.2. The van der Waals surface area contributed by atoms with Crippen LogP contribution in [0.2, 0.25) is 0 Å². The quantitative estimate of drug-likeness (QED) is 0.323. The number of carbonyl (C=O) groups is 1. The van der Waals surface area contributed by atoms with Gasteiger partial charge in [0, 0.05) is 41.5 Å². The summed E-state index contributed by atoms with van der Waals surface area (Å²) in [5.41, 5.74) is 1.53. The number of halogens is 1. The van der Waals surface area contributed by atoms with E-state index < -0.39 is 11.7 Å². The highest BCUT2D eigenvalue weighted by Gasteiger charge is 2.19. The van der Waals surface area contributed by atoms with Crippen molar-refractivity contribution in [3.63, 3.8) is 0 Å². The Morgan fingerprint density at radius 1 is 1.06 bits per heavy atom. The minimum atomic E-state index is -0.555. The summed E-state index contributed by atoms with van der Waals surface area (Å²) in [5, 5.41) is 13.7. The van der Waals surface area contributed by atoms with E-state index in [2.05, 4.69) is 30.7 Å². The summed E-state index contributed by atoms with van der Waals surface area (Å²) in [4.78, 5) is 24.8. The van der Waals surface area contributed by atoms with Gasteiger partial charge in [0.15, 0.2) is 11.0 Å². The average Bonchev–Trinajstić information content (AvgIpc) is 3.18. The van der Waals surface area contributed by atoms with Crippen LogP contribution in [0.1, 0.15) is 22.5 Å². The zero-order chi connectivity index (χ0) is 23.5. The third-order valence-electron chi connectivity index (χ3n) is 5.27. The Hall–Kier alpha value is -3.92. The second kappa shape index (κ2) is 9.52. The largest absolute Gasteiger partial charge is 0.356 e. The van der Waals surface area contributed by atoms with E-state index in [4.69, 9.17) is 4.98 Å². The number of aromatic nitrogens is 4. The van der Waals surface area contributed by atoms with Crippen LogP contribution in [-0.4, -0.2) is 39.2 Å². The molecule has 0 bridgehead atoms. The lowest BCUT2D eigenvalue weighted by atomic mass is 10.2. The second-order valence-electron chi connectivity index (χ2n) is 7.86. The standard InChI is InChI=1S/C24H22FN7OS/c1-15-13-21(31-30-15)27-20-14-22(32-11-4-12-32)29-24(28-20)34-17-9-7-16(8-10-17)26-23(33)18-5-2-3-6-19(18)25/h2-3,5-10,13-14H,4,11-12H2,1H3,(H,26,33)(H2,27,28,29,30,31). The molecule has 3 heterocycles. The molecule has 8 nitrogen and oxygen atoms in total. The van der Waals surface area contributed by atoms with E-state index in [0.29, 0.717) is 22.5 Å². The maximum atomic E-state index is 13.8. The van der Waals surface area contributed by atoms with Crippen LogP contribution in [0.5, 0.6) is 0 Å². The van der Waals surface area contributed by atoms with Crippen LogP contribution >= 0.6 is 11.8 Å². The molecule has 2 aromatic carbocycles. The van der Waals surface area contributed by atoms with Gasteiger partial charge in [-0.1, -0.05) is 12.1 Å². The highest BCUT2D eigenvalue weighted by Crippen LogP contribution is 2.31. The maximum Gasteiger partial charge on any atom is 0.258 e. The van der Waals surface area contributed by atoms with Gasteiger partial charge in [-0.25, -0.2) is 14.4 Å². The van der Waals surface area contributed by atoms with E-state index in [1.807, 2.05) is 31.2 Å². The van der Waals surface area contributed by atoms with Gasteiger partial charge in [-0.2, -0.15) is 5.10 Å². The first-order valence-electron chi connectivity index (χ1n) is 10.8. The SMILES string of the molecule is Cc1cc(Nc2cc(N3CCC3)nc(Sc3ccc(NC(=O)c4ccccc4F)cc3)n2)n[nH]1. The molecule has 1 aliphatic rings. The molecule has 0 spiro atoms. The van der Waals surface area contributed by atoms with Crippen LogP contribution in [0.25, 0.3) is 0 Å². The van der Waals surface area contributed by atoms with Crippen molar-refractivity contribution in [3.8, 4) is 0 Å². The van der Waals surface area contributed by atoms with E-state index >= 15 is 0 Å². The molecule has 1 amide bonds. The summed E-state index contributed by atoms with van der Waals surface area (Å²) >= 11 is 1.42. The molecule has 3 N–H and O–H groups in total. The van der Waals surface area contributed by atoms with Crippen LogP contribution in [0.3, 0.4) is 0 Å². The van der Waals surface area contributed by atoms with E-state index in [9.17, 15) is 9.18 Å². The Bertz CT molecular complexity index is 1320. The average molecular weight is 476 g/mol. The number of carbonyl (C=O) groups excluding carboxylic acids is 1. The molecule has 172 valence electrons. The van der Waals surface area contributed by atoms with Gasteiger partial charge in [-0.15, -0.1) is 0 Å². The molecular weight excluding hydrogens is 453 g/mol. The molecular formula is C24H22FN7OS. The number of anilines is 4. The van der Waals surface area contributed by atoms with Crippen molar-refractivity contribution >= 4 is 40.8 Å². The fourth-order valence-electron chi connectivity index (χ4n) is 3.40.